The van der Waals surface area contributed by atoms with Crippen LogP contribution in [0.25, 0.3) is 0 Å². The first-order valence-electron chi connectivity index (χ1n) is 6.57. The highest BCUT2D eigenvalue weighted by molar-refractivity contribution is 14.0. The van der Waals surface area contributed by atoms with Crippen molar-refractivity contribution in [2.24, 2.45) is 10.7 Å². The number of guanidine groups is 1. The predicted molar refractivity (Wildman–Crippen MR) is 87.5 cm³/mol. The Kier molecular flexibility index (Phi) is 6.16. The standard InChI is InChI=1S/C14H19F2N3.HI/c1-2-7-18-13(17)19-9-14(5-6-14)11-4-3-10(15)8-12(11)16;/h3-4,8H,2,5-7,9H2,1H3,(H3,17,18,19);1H. The minimum absolute atomic E-state index is 0. The van der Waals surface area contributed by atoms with Crippen molar-refractivity contribution in [1.29, 1.82) is 0 Å². The first kappa shape index (κ1) is 17.1. The van der Waals surface area contributed by atoms with E-state index in [0.717, 1.165) is 31.9 Å². The van der Waals surface area contributed by atoms with Crippen LogP contribution in [0.2, 0.25) is 0 Å². The van der Waals surface area contributed by atoms with Gasteiger partial charge in [-0.25, -0.2) is 8.78 Å². The largest absolute Gasteiger partial charge is 0.370 e. The van der Waals surface area contributed by atoms with Crippen LogP contribution < -0.4 is 11.1 Å². The smallest absolute Gasteiger partial charge is 0.188 e. The van der Waals surface area contributed by atoms with Gasteiger partial charge in [0.25, 0.3) is 0 Å². The average Bonchev–Trinajstić information content (AvgIpc) is 3.15. The fourth-order valence-corrected chi connectivity index (χ4v) is 2.13. The van der Waals surface area contributed by atoms with E-state index in [1.807, 2.05) is 6.92 Å². The lowest BCUT2D eigenvalue weighted by atomic mass is 9.95. The molecule has 1 aliphatic rings. The zero-order valence-electron chi connectivity index (χ0n) is 11.5. The van der Waals surface area contributed by atoms with E-state index in [9.17, 15) is 8.78 Å². The number of nitrogens with one attached hydrogen (secondary N) is 1. The molecule has 0 aromatic heterocycles. The summed E-state index contributed by atoms with van der Waals surface area (Å²) >= 11 is 0. The highest BCUT2D eigenvalue weighted by Gasteiger charge is 2.45. The van der Waals surface area contributed by atoms with E-state index in [4.69, 9.17) is 5.73 Å². The highest BCUT2D eigenvalue weighted by atomic mass is 127. The molecule has 1 aromatic carbocycles. The molecule has 1 fully saturated rings. The zero-order valence-corrected chi connectivity index (χ0v) is 13.8. The van der Waals surface area contributed by atoms with Gasteiger partial charge in [-0.15, -0.1) is 24.0 Å². The van der Waals surface area contributed by atoms with Crippen LogP contribution in [0, 0.1) is 11.6 Å². The number of hydrogen-bond donors (Lipinski definition) is 2. The van der Waals surface area contributed by atoms with Crippen molar-refractivity contribution in [1.82, 2.24) is 5.32 Å². The summed E-state index contributed by atoms with van der Waals surface area (Å²) < 4.78 is 26.7. The molecule has 112 valence electrons. The second-order valence-corrected chi connectivity index (χ2v) is 5.03. The number of benzene rings is 1. The lowest BCUT2D eigenvalue weighted by Gasteiger charge is -2.14. The minimum atomic E-state index is -0.551. The van der Waals surface area contributed by atoms with Gasteiger partial charge >= 0.3 is 0 Å². The van der Waals surface area contributed by atoms with E-state index in [2.05, 4.69) is 10.3 Å². The monoisotopic (exact) mass is 395 g/mol. The van der Waals surface area contributed by atoms with Crippen molar-refractivity contribution in [2.75, 3.05) is 13.1 Å². The number of rotatable bonds is 5. The SMILES string of the molecule is CCCNC(N)=NCC1(c2ccc(F)cc2F)CC1.I. The molecule has 0 spiro atoms. The molecule has 3 nitrogen and oxygen atoms in total. The number of nitrogens with two attached hydrogens (primary N) is 1. The van der Waals surface area contributed by atoms with Gasteiger partial charge in [0.2, 0.25) is 0 Å². The maximum Gasteiger partial charge on any atom is 0.188 e. The highest BCUT2D eigenvalue weighted by Crippen LogP contribution is 2.49. The van der Waals surface area contributed by atoms with Crippen LogP contribution in [0.1, 0.15) is 31.7 Å². The molecule has 1 saturated carbocycles. The van der Waals surface area contributed by atoms with E-state index >= 15 is 0 Å². The Bertz CT molecular complexity index is 487. The number of nitrogens with zero attached hydrogens (tertiary/aromatic N) is 1. The second-order valence-electron chi connectivity index (χ2n) is 5.03. The molecule has 0 aliphatic heterocycles. The third-order valence-corrected chi connectivity index (χ3v) is 3.46. The van der Waals surface area contributed by atoms with Crippen molar-refractivity contribution in [2.45, 2.75) is 31.6 Å². The summed E-state index contributed by atoms with van der Waals surface area (Å²) in [6.07, 6.45) is 2.69. The number of hydrogen-bond acceptors (Lipinski definition) is 1. The van der Waals surface area contributed by atoms with Crippen LogP contribution in [0.4, 0.5) is 8.78 Å². The van der Waals surface area contributed by atoms with Crippen molar-refractivity contribution < 1.29 is 8.78 Å². The number of halogens is 3. The molecule has 0 radical (unpaired) electrons. The first-order valence-corrected chi connectivity index (χ1v) is 6.57. The Balaban J connectivity index is 0.00000200. The maximum atomic E-state index is 13.8. The molecule has 0 amide bonds. The third-order valence-electron chi connectivity index (χ3n) is 3.46. The third kappa shape index (κ3) is 4.04. The van der Waals surface area contributed by atoms with Gasteiger partial charge in [-0.3, -0.25) is 4.99 Å². The van der Waals surface area contributed by atoms with Gasteiger partial charge in [0, 0.05) is 18.0 Å². The first-order chi connectivity index (χ1) is 9.07. The van der Waals surface area contributed by atoms with Gasteiger partial charge < -0.3 is 11.1 Å². The van der Waals surface area contributed by atoms with Crippen LogP contribution in [0.3, 0.4) is 0 Å². The normalized spacial score (nSPS) is 16.4. The second kappa shape index (κ2) is 7.19. The van der Waals surface area contributed by atoms with Crippen LogP contribution in [0.5, 0.6) is 0 Å². The Hall–Kier alpha value is -0.920. The van der Waals surface area contributed by atoms with Crippen LogP contribution in [-0.2, 0) is 5.41 Å². The predicted octanol–water partition coefficient (Wildman–Crippen LogP) is 2.93. The van der Waals surface area contributed by atoms with Gasteiger partial charge in [0.15, 0.2) is 5.96 Å². The summed E-state index contributed by atoms with van der Waals surface area (Å²) in [5.74, 6) is -0.659. The van der Waals surface area contributed by atoms with Crippen molar-refractivity contribution in [3.05, 3.63) is 35.4 Å². The molecule has 6 heteroatoms. The lowest BCUT2D eigenvalue weighted by Crippen LogP contribution is -2.33. The molecular weight excluding hydrogens is 375 g/mol. The fourth-order valence-electron chi connectivity index (χ4n) is 2.13. The molecule has 20 heavy (non-hydrogen) atoms. The quantitative estimate of drug-likeness (QED) is 0.458. The molecule has 0 saturated heterocycles. The summed E-state index contributed by atoms with van der Waals surface area (Å²) in [5, 5.41) is 2.98. The fraction of sp³-hybridized carbons (Fsp3) is 0.500. The van der Waals surface area contributed by atoms with Gasteiger partial charge in [0.05, 0.1) is 6.54 Å². The average molecular weight is 395 g/mol. The summed E-state index contributed by atoms with van der Waals surface area (Å²) in [4.78, 5) is 4.26. The van der Waals surface area contributed by atoms with Crippen molar-refractivity contribution in [3.8, 4) is 0 Å². The molecule has 0 bridgehead atoms. The van der Waals surface area contributed by atoms with E-state index < -0.39 is 11.6 Å². The molecule has 0 atom stereocenters. The molecular formula is C14H20F2IN3. The van der Waals surface area contributed by atoms with Gasteiger partial charge in [-0.2, -0.15) is 0 Å². The molecule has 1 aromatic rings. The van der Waals surface area contributed by atoms with Gasteiger partial charge in [-0.05, 0) is 30.9 Å². The minimum Gasteiger partial charge on any atom is -0.370 e. The zero-order chi connectivity index (χ0) is 13.9. The van der Waals surface area contributed by atoms with Crippen molar-refractivity contribution >= 4 is 29.9 Å². The summed E-state index contributed by atoms with van der Waals surface area (Å²) in [6.45, 7) is 3.25. The summed E-state index contributed by atoms with van der Waals surface area (Å²) in [5.41, 5.74) is 5.97. The Morgan fingerprint density at radius 2 is 2.10 bits per heavy atom. The molecule has 0 heterocycles. The van der Waals surface area contributed by atoms with E-state index in [1.54, 1.807) is 0 Å². The number of aliphatic imine (C=N–C) groups is 1. The Morgan fingerprint density at radius 3 is 2.65 bits per heavy atom. The van der Waals surface area contributed by atoms with Crippen LogP contribution in [0.15, 0.2) is 23.2 Å². The molecule has 0 unspecified atom stereocenters. The van der Waals surface area contributed by atoms with E-state index in [1.165, 1.54) is 12.1 Å². The van der Waals surface area contributed by atoms with Gasteiger partial charge in [0.1, 0.15) is 11.6 Å². The van der Waals surface area contributed by atoms with Crippen molar-refractivity contribution in [3.63, 3.8) is 0 Å². The molecule has 2 rings (SSSR count). The Morgan fingerprint density at radius 1 is 1.40 bits per heavy atom. The van der Waals surface area contributed by atoms with Crippen LogP contribution in [-0.4, -0.2) is 19.0 Å². The van der Waals surface area contributed by atoms with E-state index in [0.29, 0.717) is 18.1 Å². The lowest BCUT2D eigenvalue weighted by molar-refractivity contribution is 0.549. The topological polar surface area (TPSA) is 50.4 Å². The van der Waals surface area contributed by atoms with Gasteiger partial charge in [-0.1, -0.05) is 13.0 Å². The maximum absolute atomic E-state index is 13.8. The van der Waals surface area contributed by atoms with Crippen LogP contribution >= 0.6 is 24.0 Å². The summed E-state index contributed by atoms with van der Waals surface area (Å²) in [7, 11) is 0. The van der Waals surface area contributed by atoms with E-state index in [-0.39, 0.29) is 29.4 Å². The summed E-state index contributed by atoms with van der Waals surface area (Å²) in [6, 6.07) is 3.74. The molecule has 1 aliphatic carbocycles. The molecule has 3 N–H and O–H groups in total. The Labute approximate surface area is 135 Å².